The molecule has 196 valence electrons. The van der Waals surface area contributed by atoms with Crippen LogP contribution in [0.3, 0.4) is 0 Å². The van der Waals surface area contributed by atoms with E-state index >= 15 is 0 Å². The molecule has 0 saturated carbocycles. The molecule has 1 aliphatic rings. The molecule has 12 heteroatoms. The summed E-state index contributed by atoms with van der Waals surface area (Å²) in [6.07, 6.45) is -0.906. The van der Waals surface area contributed by atoms with E-state index in [0.29, 0.717) is 37.5 Å². The number of nitrogens with zero attached hydrogens (tertiary/aromatic N) is 1. The minimum absolute atomic E-state index is 0.131. The lowest BCUT2D eigenvalue weighted by Crippen LogP contribution is -2.25. The van der Waals surface area contributed by atoms with Crippen molar-refractivity contribution in [2.24, 2.45) is 5.92 Å². The molecule has 0 aromatic heterocycles. The van der Waals surface area contributed by atoms with Crippen LogP contribution in [0, 0.1) is 52.2 Å². The Kier molecular flexibility index (Phi) is 9.07. The van der Waals surface area contributed by atoms with Crippen LogP contribution < -0.4 is 4.94 Å². The maximum absolute atomic E-state index is 14.4. The zero-order valence-electron chi connectivity index (χ0n) is 18.9. The van der Waals surface area contributed by atoms with Gasteiger partial charge in [-0.2, -0.15) is 5.26 Å². The Hall–Kier alpha value is -3.69. The van der Waals surface area contributed by atoms with Gasteiger partial charge >= 0.3 is 0 Å². The summed E-state index contributed by atoms with van der Waals surface area (Å²) in [7, 11) is 0. The molecule has 3 aromatic carbocycles. The van der Waals surface area contributed by atoms with E-state index in [1.54, 1.807) is 0 Å². The summed E-state index contributed by atoms with van der Waals surface area (Å²) >= 11 is 0. The van der Waals surface area contributed by atoms with Crippen LogP contribution in [-0.2, 0) is 16.1 Å². The van der Waals surface area contributed by atoms with Crippen molar-refractivity contribution in [1.82, 2.24) is 0 Å². The third-order valence-electron chi connectivity index (χ3n) is 5.18. The van der Waals surface area contributed by atoms with Crippen LogP contribution in [0.2, 0.25) is 0 Å². The van der Waals surface area contributed by atoms with Crippen LogP contribution in [0.1, 0.15) is 29.9 Å². The van der Waals surface area contributed by atoms with Gasteiger partial charge in [-0.05, 0) is 29.8 Å². The zero-order valence-corrected chi connectivity index (χ0v) is 18.9. The van der Waals surface area contributed by atoms with Crippen molar-refractivity contribution in [3.05, 3.63) is 88.0 Å². The second-order valence-electron chi connectivity index (χ2n) is 7.97. The molecule has 37 heavy (non-hydrogen) atoms. The lowest BCUT2D eigenvalue weighted by Gasteiger charge is -2.27. The van der Waals surface area contributed by atoms with Gasteiger partial charge in [0.25, 0.3) is 0 Å². The topological polar surface area (TPSA) is 51.5 Å². The minimum atomic E-state index is -1.35. The largest absolute Gasteiger partial charge is 0.348 e. The Bertz CT molecular complexity index is 1250. The second kappa shape index (κ2) is 12.0. The SMILES string of the molecule is CC1COC(c2cc(F)c(-c3cc(F)c(CF)c(F)c3)c(F)c2)OC1.N#Cc1c(F)cc(OF)cc1F. The first-order valence-electron chi connectivity index (χ1n) is 10.5. The summed E-state index contributed by atoms with van der Waals surface area (Å²) in [5.74, 6) is -7.17. The molecule has 1 aliphatic heterocycles. The van der Waals surface area contributed by atoms with Gasteiger partial charge in [0, 0.05) is 28.1 Å². The molecule has 1 fully saturated rings. The number of benzene rings is 3. The van der Waals surface area contributed by atoms with Gasteiger partial charge in [-0.15, -0.1) is 0 Å². The highest BCUT2D eigenvalue weighted by atomic mass is 19.3. The fourth-order valence-electron chi connectivity index (χ4n) is 3.37. The van der Waals surface area contributed by atoms with E-state index in [4.69, 9.17) is 14.7 Å². The van der Waals surface area contributed by atoms with Crippen LogP contribution >= 0.6 is 0 Å². The Labute approximate surface area is 205 Å². The Morgan fingerprint density at radius 1 is 0.838 bits per heavy atom. The molecular formula is C25H17F8NO3. The number of alkyl halides is 1. The molecule has 0 unspecified atom stereocenters. The van der Waals surface area contributed by atoms with Gasteiger partial charge in [-0.3, -0.25) is 4.94 Å². The molecule has 0 bridgehead atoms. The van der Waals surface area contributed by atoms with Crippen molar-refractivity contribution in [2.75, 3.05) is 13.2 Å². The first-order valence-corrected chi connectivity index (χ1v) is 10.5. The van der Waals surface area contributed by atoms with E-state index in [1.807, 2.05) is 6.92 Å². The zero-order chi connectivity index (χ0) is 27.3. The molecule has 0 N–H and O–H groups in total. The summed E-state index contributed by atoms with van der Waals surface area (Å²) in [5.41, 5.74) is -2.36. The molecule has 0 amide bonds. The van der Waals surface area contributed by atoms with Crippen LogP contribution in [-0.4, -0.2) is 13.2 Å². The Morgan fingerprint density at radius 3 is 1.78 bits per heavy atom. The summed E-state index contributed by atoms with van der Waals surface area (Å²) in [6, 6.07) is 5.86. The highest BCUT2D eigenvalue weighted by Crippen LogP contribution is 2.33. The molecule has 1 saturated heterocycles. The maximum Gasteiger partial charge on any atom is 0.184 e. The lowest BCUT2D eigenvalue weighted by atomic mass is 10.00. The van der Waals surface area contributed by atoms with Crippen molar-refractivity contribution in [2.45, 2.75) is 19.9 Å². The van der Waals surface area contributed by atoms with Crippen molar-refractivity contribution in [1.29, 1.82) is 5.26 Å². The van der Waals surface area contributed by atoms with E-state index in [-0.39, 0.29) is 17.0 Å². The number of ether oxygens (including phenoxy) is 2. The van der Waals surface area contributed by atoms with Gasteiger partial charge < -0.3 is 9.47 Å². The van der Waals surface area contributed by atoms with Crippen LogP contribution in [0.4, 0.5) is 35.3 Å². The highest BCUT2D eigenvalue weighted by molar-refractivity contribution is 5.66. The van der Waals surface area contributed by atoms with Crippen molar-refractivity contribution < 1.29 is 49.7 Å². The number of rotatable bonds is 4. The number of hydrogen-bond donors (Lipinski definition) is 0. The fourth-order valence-corrected chi connectivity index (χ4v) is 3.37. The number of hydrogen-bond acceptors (Lipinski definition) is 4. The van der Waals surface area contributed by atoms with Crippen LogP contribution in [0.25, 0.3) is 11.1 Å². The molecular weight excluding hydrogens is 514 g/mol. The monoisotopic (exact) mass is 531 g/mol. The van der Waals surface area contributed by atoms with E-state index in [9.17, 15) is 35.3 Å². The van der Waals surface area contributed by atoms with Gasteiger partial charge in [-0.1, -0.05) is 6.92 Å². The number of nitriles is 1. The van der Waals surface area contributed by atoms with E-state index < -0.39 is 70.3 Å². The standard InChI is InChI=1S/C18H15F5O2.C7H2F3NO/c1-9-7-24-18(25-8-9)11-4-15(22)17(16(23)5-11)10-2-13(20)12(6-19)14(21)3-10;8-6-1-4(12-10)2-7(9)5(6)3-11/h2-5,9,18H,6-8H2,1H3;1-2H. The predicted octanol–water partition coefficient (Wildman–Crippen LogP) is 7.16. The maximum atomic E-state index is 14.4. The van der Waals surface area contributed by atoms with Gasteiger partial charge in [0.1, 0.15) is 53.2 Å². The summed E-state index contributed by atoms with van der Waals surface area (Å²) in [6.45, 7) is 1.33. The first-order chi connectivity index (χ1) is 17.6. The van der Waals surface area contributed by atoms with Gasteiger partial charge in [0.15, 0.2) is 12.0 Å². The molecule has 0 atom stereocenters. The second-order valence-corrected chi connectivity index (χ2v) is 7.97. The quantitative estimate of drug-likeness (QED) is 0.335. The average Bonchev–Trinajstić information content (AvgIpc) is 2.84. The molecule has 0 radical (unpaired) electrons. The summed E-state index contributed by atoms with van der Waals surface area (Å²) in [4.78, 5) is 3.09. The third kappa shape index (κ3) is 6.36. The minimum Gasteiger partial charge on any atom is -0.348 e. The molecule has 4 nitrogen and oxygen atoms in total. The molecule has 0 aliphatic carbocycles. The average molecular weight is 531 g/mol. The smallest absolute Gasteiger partial charge is 0.184 e. The van der Waals surface area contributed by atoms with Crippen LogP contribution in [0.5, 0.6) is 5.75 Å². The van der Waals surface area contributed by atoms with Gasteiger partial charge in [0.05, 0.1) is 24.3 Å². The van der Waals surface area contributed by atoms with Crippen molar-refractivity contribution >= 4 is 0 Å². The fraction of sp³-hybridized carbons (Fsp3) is 0.240. The normalized spacial score (nSPS) is 17.0. The summed E-state index contributed by atoms with van der Waals surface area (Å²) in [5, 5.41) is 8.20. The van der Waals surface area contributed by atoms with E-state index in [1.165, 1.54) is 6.07 Å². The third-order valence-corrected chi connectivity index (χ3v) is 5.18. The number of halogens is 8. The van der Waals surface area contributed by atoms with Gasteiger partial charge in [0.2, 0.25) is 0 Å². The predicted molar refractivity (Wildman–Crippen MR) is 113 cm³/mol. The van der Waals surface area contributed by atoms with Crippen molar-refractivity contribution in [3.8, 4) is 22.9 Å². The molecule has 3 aromatic rings. The van der Waals surface area contributed by atoms with Crippen molar-refractivity contribution in [3.63, 3.8) is 0 Å². The van der Waals surface area contributed by atoms with E-state index in [2.05, 4.69) is 4.94 Å². The van der Waals surface area contributed by atoms with Gasteiger partial charge in [-0.25, -0.2) is 30.7 Å². The van der Waals surface area contributed by atoms with Crippen LogP contribution in [0.15, 0.2) is 36.4 Å². The molecule has 1 heterocycles. The Morgan fingerprint density at radius 2 is 1.35 bits per heavy atom. The molecule has 0 spiro atoms. The van der Waals surface area contributed by atoms with E-state index in [0.717, 1.165) is 12.1 Å². The highest BCUT2D eigenvalue weighted by Gasteiger charge is 2.25. The lowest BCUT2D eigenvalue weighted by molar-refractivity contribution is -0.202. The first kappa shape index (κ1) is 27.9. The molecule has 4 rings (SSSR count). The Balaban J connectivity index is 0.000000266. The summed E-state index contributed by atoms with van der Waals surface area (Å²) < 4.78 is 116.